The summed E-state index contributed by atoms with van der Waals surface area (Å²) in [5.74, 6) is 3.32. The van der Waals surface area contributed by atoms with Crippen molar-refractivity contribution in [2.45, 2.75) is 18.6 Å². The lowest BCUT2D eigenvalue weighted by Crippen LogP contribution is -2.26. The SMILES string of the molecule is C#CCSC(C)(C)CN. The largest absolute Gasteiger partial charge is 0.329 e. The van der Waals surface area contributed by atoms with Gasteiger partial charge in [-0.05, 0) is 13.8 Å². The third-order valence-electron chi connectivity index (χ3n) is 1.04. The van der Waals surface area contributed by atoms with Crippen LogP contribution in [0.1, 0.15) is 13.8 Å². The summed E-state index contributed by atoms with van der Waals surface area (Å²) < 4.78 is 0.145. The molecule has 0 amide bonds. The second kappa shape index (κ2) is 3.81. The molecule has 0 aliphatic rings. The van der Waals surface area contributed by atoms with E-state index in [0.29, 0.717) is 6.54 Å². The zero-order valence-electron chi connectivity index (χ0n) is 5.98. The maximum atomic E-state index is 5.46. The molecule has 0 atom stereocenters. The van der Waals surface area contributed by atoms with Crippen LogP contribution in [0.3, 0.4) is 0 Å². The summed E-state index contributed by atoms with van der Waals surface area (Å²) in [6.45, 7) is 4.86. The zero-order valence-corrected chi connectivity index (χ0v) is 6.79. The number of thioether (sulfide) groups is 1. The minimum Gasteiger partial charge on any atom is -0.329 e. The Kier molecular flexibility index (Phi) is 3.76. The predicted octanol–water partition coefficient (Wildman–Crippen LogP) is 1.09. The first-order chi connectivity index (χ1) is 4.12. The van der Waals surface area contributed by atoms with E-state index in [0.717, 1.165) is 5.75 Å². The van der Waals surface area contributed by atoms with Gasteiger partial charge in [0.25, 0.3) is 0 Å². The van der Waals surface area contributed by atoms with Crippen molar-refractivity contribution in [2.75, 3.05) is 12.3 Å². The van der Waals surface area contributed by atoms with Crippen molar-refractivity contribution in [1.82, 2.24) is 0 Å². The van der Waals surface area contributed by atoms with Crippen LogP contribution in [0, 0.1) is 12.3 Å². The van der Waals surface area contributed by atoms with Gasteiger partial charge in [0, 0.05) is 11.3 Å². The van der Waals surface area contributed by atoms with E-state index in [9.17, 15) is 0 Å². The number of nitrogens with two attached hydrogens (primary N) is 1. The third-order valence-corrected chi connectivity index (χ3v) is 2.30. The smallest absolute Gasteiger partial charge is 0.0550 e. The molecule has 0 spiro atoms. The molecule has 0 rings (SSSR count). The number of hydrogen-bond acceptors (Lipinski definition) is 2. The van der Waals surface area contributed by atoms with Gasteiger partial charge in [-0.2, -0.15) is 0 Å². The van der Waals surface area contributed by atoms with Crippen molar-refractivity contribution in [1.29, 1.82) is 0 Å². The zero-order chi connectivity index (χ0) is 7.33. The summed E-state index contributed by atoms with van der Waals surface area (Å²) in [6, 6.07) is 0. The average molecular weight is 143 g/mol. The second-order valence-corrected chi connectivity index (χ2v) is 4.14. The number of terminal acetylenes is 1. The molecule has 0 bridgehead atoms. The summed E-state index contributed by atoms with van der Waals surface area (Å²) in [7, 11) is 0. The molecule has 0 saturated heterocycles. The van der Waals surface area contributed by atoms with E-state index in [2.05, 4.69) is 19.8 Å². The molecule has 0 radical (unpaired) electrons. The van der Waals surface area contributed by atoms with Crippen molar-refractivity contribution < 1.29 is 0 Å². The minimum atomic E-state index is 0.145. The first-order valence-corrected chi connectivity index (χ1v) is 3.88. The molecule has 1 nitrogen and oxygen atoms in total. The number of hydrogen-bond donors (Lipinski definition) is 1. The van der Waals surface area contributed by atoms with Crippen molar-refractivity contribution in [3.05, 3.63) is 0 Å². The summed E-state index contributed by atoms with van der Waals surface area (Å²) in [4.78, 5) is 0. The molecule has 0 fully saturated rings. The molecule has 2 N–H and O–H groups in total. The van der Waals surface area contributed by atoms with Gasteiger partial charge in [-0.1, -0.05) is 5.92 Å². The first kappa shape index (κ1) is 8.87. The fourth-order valence-electron chi connectivity index (χ4n) is 0.296. The van der Waals surface area contributed by atoms with Gasteiger partial charge in [0.05, 0.1) is 5.75 Å². The number of rotatable bonds is 3. The molecule has 0 saturated carbocycles. The van der Waals surface area contributed by atoms with E-state index in [1.165, 1.54) is 0 Å². The first-order valence-electron chi connectivity index (χ1n) is 2.90. The van der Waals surface area contributed by atoms with Gasteiger partial charge in [-0.25, -0.2) is 0 Å². The van der Waals surface area contributed by atoms with Crippen LogP contribution in [0.15, 0.2) is 0 Å². The Morgan fingerprint density at radius 1 is 1.67 bits per heavy atom. The lowest BCUT2D eigenvalue weighted by Gasteiger charge is -2.19. The Bertz CT molecular complexity index is 113. The molecule has 0 aromatic rings. The highest BCUT2D eigenvalue weighted by Gasteiger charge is 2.13. The Morgan fingerprint density at radius 3 is 2.56 bits per heavy atom. The predicted molar refractivity (Wildman–Crippen MR) is 44.4 cm³/mol. The van der Waals surface area contributed by atoms with Gasteiger partial charge in [-0.3, -0.25) is 0 Å². The van der Waals surface area contributed by atoms with Crippen LogP contribution >= 0.6 is 11.8 Å². The highest BCUT2D eigenvalue weighted by molar-refractivity contribution is 8.00. The summed E-state index contributed by atoms with van der Waals surface area (Å²) >= 11 is 1.72. The minimum absolute atomic E-state index is 0.145. The highest BCUT2D eigenvalue weighted by Crippen LogP contribution is 2.21. The van der Waals surface area contributed by atoms with Crippen LogP contribution in [0.5, 0.6) is 0 Å². The monoisotopic (exact) mass is 143 g/mol. The van der Waals surface area contributed by atoms with Crippen LogP contribution < -0.4 is 5.73 Å². The van der Waals surface area contributed by atoms with Crippen molar-refractivity contribution >= 4 is 11.8 Å². The molecule has 0 aliphatic carbocycles. The van der Waals surface area contributed by atoms with Gasteiger partial charge in [0.2, 0.25) is 0 Å². The van der Waals surface area contributed by atoms with Gasteiger partial charge in [-0.15, -0.1) is 18.2 Å². The van der Waals surface area contributed by atoms with Gasteiger partial charge < -0.3 is 5.73 Å². The van der Waals surface area contributed by atoms with E-state index in [4.69, 9.17) is 12.2 Å². The summed E-state index contributed by atoms with van der Waals surface area (Å²) in [6.07, 6.45) is 5.08. The fourth-order valence-corrected chi connectivity index (χ4v) is 0.888. The lowest BCUT2D eigenvalue weighted by atomic mass is 10.2. The van der Waals surface area contributed by atoms with Crippen LogP contribution in [-0.2, 0) is 0 Å². The van der Waals surface area contributed by atoms with Gasteiger partial charge >= 0.3 is 0 Å². The third kappa shape index (κ3) is 4.38. The Balaban J connectivity index is 3.48. The summed E-state index contributed by atoms with van der Waals surface area (Å²) in [5, 5.41) is 0. The molecule has 9 heavy (non-hydrogen) atoms. The van der Waals surface area contributed by atoms with E-state index in [-0.39, 0.29) is 4.75 Å². The molecule has 0 aromatic carbocycles. The van der Waals surface area contributed by atoms with Crippen LogP contribution in [0.4, 0.5) is 0 Å². The topological polar surface area (TPSA) is 26.0 Å². The van der Waals surface area contributed by atoms with Gasteiger partial charge in [0.15, 0.2) is 0 Å². The standard InChI is InChI=1S/C7H13NS/c1-4-5-9-7(2,3)6-8/h1H,5-6,8H2,2-3H3. The average Bonchev–Trinajstić information content (AvgIpc) is 1.84. The maximum Gasteiger partial charge on any atom is 0.0550 e. The van der Waals surface area contributed by atoms with Crippen LogP contribution in [0.2, 0.25) is 0 Å². The Hall–Kier alpha value is -0.130. The van der Waals surface area contributed by atoms with E-state index in [1.54, 1.807) is 11.8 Å². The van der Waals surface area contributed by atoms with E-state index >= 15 is 0 Å². The molecular formula is C7H13NS. The van der Waals surface area contributed by atoms with Crippen molar-refractivity contribution in [3.8, 4) is 12.3 Å². The Labute approximate surface area is 61.4 Å². The molecule has 0 aromatic heterocycles. The van der Waals surface area contributed by atoms with E-state index in [1.807, 2.05) is 0 Å². The van der Waals surface area contributed by atoms with Crippen molar-refractivity contribution in [2.24, 2.45) is 5.73 Å². The van der Waals surface area contributed by atoms with Crippen LogP contribution in [0.25, 0.3) is 0 Å². The molecule has 0 aliphatic heterocycles. The second-order valence-electron chi connectivity index (χ2n) is 2.46. The Morgan fingerprint density at radius 2 is 2.22 bits per heavy atom. The fraction of sp³-hybridized carbons (Fsp3) is 0.714. The quantitative estimate of drug-likeness (QED) is 0.598. The van der Waals surface area contributed by atoms with Crippen LogP contribution in [-0.4, -0.2) is 17.0 Å². The van der Waals surface area contributed by atoms with E-state index < -0.39 is 0 Å². The molecule has 52 valence electrons. The van der Waals surface area contributed by atoms with Gasteiger partial charge in [0.1, 0.15) is 0 Å². The van der Waals surface area contributed by atoms with Crippen molar-refractivity contribution in [3.63, 3.8) is 0 Å². The molecule has 0 unspecified atom stereocenters. The molecule has 2 heteroatoms. The lowest BCUT2D eigenvalue weighted by molar-refractivity contribution is 0.724. The normalized spacial score (nSPS) is 10.9. The molecule has 0 heterocycles. The summed E-state index contributed by atoms with van der Waals surface area (Å²) in [5.41, 5.74) is 5.46. The highest BCUT2D eigenvalue weighted by atomic mass is 32.2. The molecular weight excluding hydrogens is 130 g/mol. The maximum absolute atomic E-state index is 5.46.